The van der Waals surface area contributed by atoms with E-state index in [0.717, 1.165) is 4.68 Å². The summed E-state index contributed by atoms with van der Waals surface area (Å²) in [5, 5.41) is 17.7. The number of phenols is 1. The van der Waals surface area contributed by atoms with Crippen molar-refractivity contribution in [2.45, 2.75) is 20.5 Å². The maximum Gasteiger partial charge on any atom is 0.368 e. The fourth-order valence-corrected chi connectivity index (χ4v) is 2.77. The van der Waals surface area contributed by atoms with Crippen LogP contribution in [0.3, 0.4) is 0 Å². The molecule has 8 nitrogen and oxygen atoms in total. The number of nitrogens with zero attached hydrogens (tertiary/aromatic N) is 4. The average Bonchev–Trinajstić information content (AvgIpc) is 2.97. The number of ether oxygens (including phenoxy) is 2. The molecular weight excluding hydrogens is 372 g/mol. The van der Waals surface area contributed by atoms with E-state index in [1.54, 1.807) is 31.2 Å². The molecule has 3 aromatic rings. The Morgan fingerprint density at radius 3 is 2.63 bits per heavy atom. The Morgan fingerprint density at radius 1 is 1.19 bits per heavy atom. The van der Waals surface area contributed by atoms with Gasteiger partial charge in [0.2, 0.25) is 0 Å². The highest BCUT2D eigenvalue weighted by molar-refractivity contribution is 6.32. The molecule has 1 heterocycles. The number of aryl methyl sites for hydroxylation is 2. The first kappa shape index (κ1) is 18.8. The molecule has 0 aliphatic carbocycles. The topological polar surface area (TPSA) is 91.4 Å². The Bertz CT molecular complexity index is 1030. The molecule has 0 bridgehead atoms. The largest absolute Gasteiger partial charge is 0.508 e. The van der Waals surface area contributed by atoms with Gasteiger partial charge in [-0.1, -0.05) is 17.7 Å². The van der Waals surface area contributed by atoms with Crippen molar-refractivity contribution >= 4 is 11.6 Å². The summed E-state index contributed by atoms with van der Waals surface area (Å²) in [6, 6.07) is 8.37. The summed E-state index contributed by atoms with van der Waals surface area (Å²) >= 11 is 6.16. The van der Waals surface area contributed by atoms with Crippen molar-refractivity contribution in [1.29, 1.82) is 0 Å². The number of aromatic hydroxyl groups is 1. The molecule has 0 fully saturated rings. The number of tetrazole rings is 1. The van der Waals surface area contributed by atoms with Crippen molar-refractivity contribution in [1.82, 2.24) is 19.8 Å². The molecule has 0 unspecified atom stereocenters. The second kappa shape index (κ2) is 7.71. The van der Waals surface area contributed by atoms with Crippen LogP contribution in [0.25, 0.3) is 5.69 Å². The maximum absolute atomic E-state index is 12.3. The number of hydrogen-bond acceptors (Lipinski definition) is 6. The number of hydrogen-bond donors (Lipinski definition) is 1. The molecule has 1 N–H and O–H groups in total. The van der Waals surface area contributed by atoms with Gasteiger partial charge in [0.05, 0.1) is 22.9 Å². The third-order valence-corrected chi connectivity index (χ3v) is 4.28. The molecule has 0 atom stereocenters. The van der Waals surface area contributed by atoms with Crippen molar-refractivity contribution in [3.8, 4) is 22.9 Å². The van der Waals surface area contributed by atoms with Crippen LogP contribution >= 0.6 is 11.6 Å². The molecule has 0 radical (unpaired) electrons. The number of aromatic nitrogens is 4. The van der Waals surface area contributed by atoms with E-state index in [2.05, 4.69) is 10.4 Å². The summed E-state index contributed by atoms with van der Waals surface area (Å²) < 4.78 is 13.9. The summed E-state index contributed by atoms with van der Waals surface area (Å²) in [5.74, 6) is 1.07. The van der Waals surface area contributed by atoms with E-state index in [9.17, 15) is 9.90 Å². The van der Waals surface area contributed by atoms with E-state index < -0.39 is 0 Å². The van der Waals surface area contributed by atoms with Crippen LogP contribution < -0.4 is 15.2 Å². The molecule has 0 amide bonds. The highest BCUT2D eigenvalue weighted by atomic mass is 35.5. The van der Waals surface area contributed by atoms with Gasteiger partial charge >= 0.3 is 5.69 Å². The van der Waals surface area contributed by atoms with E-state index in [1.165, 1.54) is 17.8 Å². The predicted molar refractivity (Wildman–Crippen MR) is 100.0 cm³/mol. The van der Waals surface area contributed by atoms with Gasteiger partial charge in [-0.3, -0.25) is 0 Å². The average molecular weight is 391 g/mol. The summed E-state index contributed by atoms with van der Waals surface area (Å²) in [4.78, 5) is 12.3. The van der Waals surface area contributed by atoms with Gasteiger partial charge in [0.1, 0.15) is 23.9 Å². The Labute approximate surface area is 160 Å². The lowest BCUT2D eigenvalue weighted by Gasteiger charge is -2.16. The SMILES string of the molecule is CCOc1cccc(-n2nnn(C)c2=O)c1COc1cc(C)c(O)cc1Cl. The molecule has 9 heteroatoms. The molecule has 0 saturated carbocycles. The first-order chi connectivity index (χ1) is 12.9. The van der Waals surface area contributed by atoms with Gasteiger partial charge in [-0.25, -0.2) is 4.79 Å². The zero-order chi connectivity index (χ0) is 19.6. The fourth-order valence-electron chi connectivity index (χ4n) is 2.56. The van der Waals surface area contributed by atoms with Gasteiger partial charge in [0.15, 0.2) is 0 Å². The second-order valence-electron chi connectivity index (χ2n) is 5.84. The highest BCUT2D eigenvalue weighted by Gasteiger charge is 2.17. The monoisotopic (exact) mass is 390 g/mol. The van der Waals surface area contributed by atoms with Crippen LogP contribution in [0.2, 0.25) is 5.02 Å². The minimum absolute atomic E-state index is 0.0818. The number of benzene rings is 2. The summed E-state index contributed by atoms with van der Waals surface area (Å²) in [7, 11) is 1.52. The summed E-state index contributed by atoms with van der Waals surface area (Å²) in [6.07, 6.45) is 0. The highest BCUT2D eigenvalue weighted by Crippen LogP contribution is 2.33. The lowest BCUT2D eigenvalue weighted by Crippen LogP contribution is -2.23. The van der Waals surface area contributed by atoms with Gasteiger partial charge in [0, 0.05) is 13.1 Å². The second-order valence-corrected chi connectivity index (χ2v) is 6.25. The third kappa shape index (κ3) is 3.75. The van der Waals surface area contributed by atoms with E-state index in [1.807, 2.05) is 6.92 Å². The molecular formula is C18H19ClN4O4. The van der Waals surface area contributed by atoms with E-state index >= 15 is 0 Å². The van der Waals surface area contributed by atoms with Crippen LogP contribution in [0.5, 0.6) is 17.2 Å². The number of halogens is 1. The molecule has 27 heavy (non-hydrogen) atoms. The first-order valence-corrected chi connectivity index (χ1v) is 8.66. The van der Waals surface area contributed by atoms with Crippen molar-refractivity contribution in [2.75, 3.05) is 6.61 Å². The van der Waals surface area contributed by atoms with Gasteiger partial charge in [0.25, 0.3) is 0 Å². The minimum Gasteiger partial charge on any atom is -0.508 e. The van der Waals surface area contributed by atoms with Crippen LogP contribution in [-0.4, -0.2) is 31.5 Å². The van der Waals surface area contributed by atoms with Crippen LogP contribution in [0, 0.1) is 6.92 Å². The molecule has 1 aromatic heterocycles. The first-order valence-electron chi connectivity index (χ1n) is 8.28. The Hall–Kier alpha value is -3.00. The van der Waals surface area contributed by atoms with Crippen molar-refractivity contribution in [3.63, 3.8) is 0 Å². The molecule has 0 aliphatic heterocycles. The van der Waals surface area contributed by atoms with Gasteiger partial charge in [-0.2, -0.15) is 9.36 Å². The Balaban J connectivity index is 2.02. The van der Waals surface area contributed by atoms with Crippen LogP contribution in [0.1, 0.15) is 18.1 Å². The smallest absolute Gasteiger partial charge is 0.368 e. The van der Waals surface area contributed by atoms with Gasteiger partial charge in [-0.15, -0.1) is 0 Å². The van der Waals surface area contributed by atoms with E-state index in [4.69, 9.17) is 21.1 Å². The van der Waals surface area contributed by atoms with Crippen LogP contribution in [0.15, 0.2) is 35.1 Å². The minimum atomic E-state index is -0.386. The lowest BCUT2D eigenvalue weighted by molar-refractivity contribution is 0.285. The lowest BCUT2D eigenvalue weighted by atomic mass is 10.1. The summed E-state index contributed by atoms with van der Waals surface area (Å²) in [5.41, 5.74) is 1.38. The molecule has 142 valence electrons. The van der Waals surface area contributed by atoms with E-state index in [0.29, 0.717) is 34.9 Å². The molecule has 0 aliphatic rings. The molecule has 3 rings (SSSR count). The van der Waals surface area contributed by atoms with Crippen molar-refractivity contribution in [2.24, 2.45) is 7.05 Å². The number of phenolic OH excluding ortho intramolecular Hbond substituents is 1. The van der Waals surface area contributed by atoms with Crippen LogP contribution in [0.4, 0.5) is 0 Å². The standard InChI is InChI=1S/C18H19ClN4O4/c1-4-26-16-7-5-6-14(23-18(25)22(3)20-21-23)12(16)10-27-17-8-11(2)15(24)9-13(17)19/h5-9,24H,4,10H2,1-3H3. The zero-order valence-corrected chi connectivity index (χ0v) is 15.9. The maximum atomic E-state index is 12.3. The molecule has 0 spiro atoms. The van der Waals surface area contributed by atoms with Crippen molar-refractivity contribution < 1.29 is 14.6 Å². The normalized spacial score (nSPS) is 10.8. The van der Waals surface area contributed by atoms with E-state index in [-0.39, 0.29) is 23.1 Å². The fraction of sp³-hybridized carbons (Fsp3) is 0.278. The molecule has 0 saturated heterocycles. The summed E-state index contributed by atoms with van der Waals surface area (Å²) in [6.45, 7) is 4.15. The quantitative estimate of drug-likeness (QED) is 0.695. The van der Waals surface area contributed by atoms with Crippen LogP contribution in [-0.2, 0) is 13.7 Å². The Morgan fingerprint density at radius 2 is 1.96 bits per heavy atom. The molecule has 2 aromatic carbocycles. The third-order valence-electron chi connectivity index (χ3n) is 3.98. The Kier molecular flexibility index (Phi) is 5.36. The zero-order valence-electron chi connectivity index (χ0n) is 15.1. The van der Waals surface area contributed by atoms with Gasteiger partial charge < -0.3 is 14.6 Å². The number of rotatable bonds is 6. The predicted octanol–water partition coefficient (Wildman–Crippen LogP) is 2.61. The van der Waals surface area contributed by atoms with Gasteiger partial charge in [-0.05, 0) is 48.0 Å². The van der Waals surface area contributed by atoms with Crippen molar-refractivity contribution in [3.05, 3.63) is 57.0 Å².